The molecule has 4 aromatic rings. The fraction of sp³-hybridized carbons (Fsp3) is 0.206. The van der Waals surface area contributed by atoms with Gasteiger partial charge in [-0.25, -0.2) is 4.90 Å². The molecule has 1 aliphatic heterocycles. The van der Waals surface area contributed by atoms with Crippen LogP contribution in [-0.4, -0.2) is 17.6 Å². The number of carbonyl (C=O) groups is 3. The molecular formula is C34H27NO3. The van der Waals surface area contributed by atoms with Gasteiger partial charge in [0.15, 0.2) is 5.78 Å². The van der Waals surface area contributed by atoms with E-state index in [1.807, 2.05) is 117 Å². The van der Waals surface area contributed by atoms with Crippen LogP contribution in [0.25, 0.3) is 21.9 Å². The molecule has 0 N–H and O–H groups in total. The molecule has 186 valence electrons. The van der Waals surface area contributed by atoms with Gasteiger partial charge in [-0.15, -0.1) is 0 Å². The molecular weight excluding hydrogens is 470 g/mol. The first-order valence-electron chi connectivity index (χ1n) is 13.2. The first-order chi connectivity index (χ1) is 18.5. The minimum atomic E-state index is -1.11. The number of allylic oxidation sites excluding steroid dienone is 2. The van der Waals surface area contributed by atoms with Gasteiger partial charge in [0.05, 0.1) is 28.4 Å². The standard InChI is InChI=1S/C34H27NO3/c1-3-34-27(23-16-8-5-9-17-23)26(22-14-6-4-7-15-22)33(2,32(34)38)28-29(34)31(37)35(30(28)36)25-20-12-18-21-13-10-11-19-24(21)25/h4-20,28-29H,3H2,1-2H3/t28-,29-,33-,34+/m0/s1. The van der Waals surface area contributed by atoms with Crippen LogP contribution >= 0.6 is 0 Å². The fourth-order valence-corrected chi connectivity index (χ4v) is 7.77. The molecule has 0 unspecified atom stereocenters. The summed E-state index contributed by atoms with van der Waals surface area (Å²) in [7, 11) is 0. The van der Waals surface area contributed by atoms with Gasteiger partial charge in [-0.2, -0.15) is 0 Å². The van der Waals surface area contributed by atoms with Crippen LogP contribution in [0.15, 0.2) is 103 Å². The van der Waals surface area contributed by atoms with Crippen molar-refractivity contribution in [2.45, 2.75) is 20.3 Å². The van der Waals surface area contributed by atoms with Crippen molar-refractivity contribution < 1.29 is 14.4 Å². The molecule has 0 spiro atoms. The Morgan fingerprint density at radius 1 is 0.658 bits per heavy atom. The minimum Gasteiger partial charge on any atom is -0.298 e. The van der Waals surface area contributed by atoms with Crippen LogP contribution in [-0.2, 0) is 14.4 Å². The van der Waals surface area contributed by atoms with Gasteiger partial charge in [0.1, 0.15) is 0 Å². The van der Waals surface area contributed by atoms with Crippen molar-refractivity contribution >= 4 is 45.2 Å². The number of hydrogen-bond donors (Lipinski definition) is 0. The number of imide groups is 1. The third-order valence-electron chi connectivity index (χ3n) is 9.24. The molecule has 2 amide bonds. The monoisotopic (exact) mass is 497 g/mol. The van der Waals surface area contributed by atoms with Gasteiger partial charge in [0, 0.05) is 5.39 Å². The number of anilines is 1. The summed E-state index contributed by atoms with van der Waals surface area (Å²) in [5.41, 5.74) is 2.07. The first kappa shape index (κ1) is 22.9. The maximum absolute atomic E-state index is 14.6. The lowest BCUT2D eigenvalue weighted by Gasteiger charge is -2.37. The van der Waals surface area contributed by atoms with E-state index in [4.69, 9.17) is 0 Å². The van der Waals surface area contributed by atoms with Gasteiger partial charge in [-0.3, -0.25) is 14.4 Å². The Morgan fingerprint density at radius 3 is 1.87 bits per heavy atom. The van der Waals surface area contributed by atoms with E-state index in [0.29, 0.717) is 12.1 Å². The summed E-state index contributed by atoms with van der Waals surface area (Å²) >= 11 is 0. The fourth-order valence-electron chi connectivity index (χ4n) is 7.77. The number of Topliss-reactive ketones (excluding diaryl/α,β-unsaturated/α-hetero) is 1. The van der Waals surface area contributed by atoms with E-state index < -0.39 is 22.7 Å². The molecule has 4 aromatic carbocycles. The Hall–Kier alpha value is -4.31. The Labute approximate surface area is 221 Å². The molecule has 4 atom stereocenters. The number of carbonyl (C=O) groups excluding carboxylic acids is 3. The number of rotatable bonds is 4. The second kappa shape index (κ2) is 7.84. The zero-order valence-corrected chi connectivity index (χ0v) is 21.3. The third kappa shape index (κ3) is 2.57. The highest BCUT2D eigenvalue weighted by atomic mass is 16.2. The van der Waals surface area contributed by atoms with Crippen LogP contribution < -0.4 is 4.90 Å². The van der Waals surface area contributed by atoms with Gasteiger partial charge in [0.2, 0.25) is 11.8 Å². The highest BCUT2D eigenvalue weighted by Gasteiger charge is 2.79. The lowest BCUT2D eigenvalue weighted by Crippen LogP contribution is -2.41. The van der Waals surface area contributed by atoms with Crippen LogP contribution in [0.1, 0.15) is 31.4 Å². The lowest BCUT2D eigenvalue weighted by molar-refractivity contribution is -0.134. The molecule has 1 saturated carbocycles. The topological polar surface area (TPSA) is 54.5 Å². The van der Waals surface area contributed by atoms with E-state index in [0.717, 1.165) is 33.0 Å². The summed E-state index contributed by atoms with van der Waals surface area (Å²) in [6, 6.07) is 33.3. The van der Waals surface area contributed by atoms with Crippen molar-refractivity contribution in [3.63, 3.8) is 0 Å². The second-order valence-electron chi connectivity index (χ2n) is 10.8. The third-order valence-corrected chi connectivity index (χ3v) is 9.24. The van der Waals surface area contributed by atoms with Crippen molar-refractivity contribution in [3.8, 4) is 0 Å². The average Bonchev–Trinajstić information content (AvgIpc) is 3.43. The summed E-state index contributed by atoms with van der Waals surface area (Å²) in [6.45, 7) is 3.89. The normalized spacial score (nSPS) is 28.1. The van der Waals surface area contributed by atoms with Gasteiger partial charge in [-0.05, 0) is 47.1 Å². The van der Waals surface area contributed by atoms with E-state index in [2.05, 4.69) is 0 Å². The quantitative estimate of drug-likeness (QED) is 0.300. The van der Waals surface area contributed by atoms with Gasteiger partial charge < -0.3 is 0 Å². The van der Waals surface area contributed by atoms with E-state index in [-0.39, 0.29) is 17.6 Å². The van der Waals surface area contributed by atoms with E-state index >= 15 is 0 Å². The van der Waals surface area contributed by atoms with Crippen molar-refractivity contribution in [2.24, 2.45) is 22.7 Å². The zero-order valence-electron chi connectivity index (χ0n) is 21.3. The Bertz CT molecular complexity index is 1680. The predicted octanol–water partition coefficient (Wildman–Crippen LogP) is 6.56. The van der Waals surface area contributed by atoms with Crippen molar-refractivity contribution in [2.75, 3.05) is 4.90 Å². The van der Waals surface area contributed by atoms with Crippen LogP contribution in [0, 0.1) is 22.7 Å². The number of nitrogens with zero attached hydrogens (tertiary/aromatic N) is 1. The largest absolute Gasteiger partial charge is 0.298 e. The summed E-state index contributed by atoms with van der Waals surface area (Å²) < 4.78 is 0. The molecule has 3 aliphatic rings. The maximum atomic E-state index is 14.6. The minimum absolute atomic E-state index is 0.000485. The molecule has 2 bridgehead atoms. The van der Waals surface area contributed by atoms with E-state index in [1.165, 1.54) is 4.90 Å². The van der Waals surface area contributed by atoms with Crippen LogP contribution in [0.3, 0.4) is 0 Å². The molecule has 4 nitrogen and oxygen atoms in total. The highest BCUT2D eigenvalue weighted by molar-refractivity contribution is 6.35. The van der Waals surface area contributed by atoms with Gasteiger partial charge >= 0.3 is 0 Å². The summed E-state index contributed by atoms with van der Waals surface area (Å²) in [6.07, 6.45) is 0.450. The Morgan fingerprint density at radius 2 is 1.21 bits per heavy atom. The maximum Gasteiger partial charge on any atom is 0.239 e. The summed E-state index contributed by atoms with van der Waals surface area (Å²) in [5, 5.41) is 1.82. The Balaban J connectivity index is 1.51. The average molecular weight is 498 g/mol. The molecule has 4 heteroatoms. The number of fused-ring (bicyclic) bond motifs is 6. The van der Waals surface area contributed by atoms with Crippen LogP contribution in [0.2, 0.25) is 0 Å². The van der Waals surface area contributed by atoms with Crippen molar-refractivity contribution in [3.05, 3.63) is 114 Å². The van der Waals surface area contributed by atoms with E-state index in [9.17, 15) is 14.4 Å². The van der Waals surface area contributed by atoms with Crippen molar-refractivity contribution in [1.29, 1.82) is 0 Å². The summed E-state index contributed by atoms with van der Waals surface area (Å²) in [4.78, 5) is 44.8. The molecule has 1 heterocycles. The lowest BCUT2D eigenvalue weighted by atomic mass is 9.62. The molecule has 2 aliphatic carbocycles. The first-order valence-corrected chi connectivity index (χ1v) is 13.2. The smallest absolute Gasteiger partial charge is 0.239 e. The number of amides is 2. The van der Waals surface area contributed by atoms with Crippen LogP contribution in [0.4, 0.5) is 5.69 Å². The number of hydrogen-bond acceptors (Lipinski definition) is 3. The molecule has 7 rings (SSSR count). The van der Waals surface area contributed by atoms with Gasteiger partial charge in [-0.1, -0.05) is 104 Å². The molecule has 0 radical (unpaired) electrons. The summed E-state index contributed by atoms with van der Waals surface area (Å²) in [5.74, 6) is -2.03. The Kier molecular flexibility index (Phi) is 4.72. The molecule has 0 aromatic heterocycles. The highest BCUT2D eigenvalue weighted by Crippen LogP contribution is 2.74. The van der Waals surface area contributed by atoms with Crippen LogP contribution in [0.5, 0.6) is 0 Å². The number of benzene rings is 4. The zero-order chi connectivity index (χ0) is 26.2. The number of ketones is 1. The van der Waals surface area contributed by atoms with Gasteiger partial charge in [0.25, 0.3) is 0 Å². The predicted molar refractivity (Wildman–Crippen MR) is 149 cm³/mol. The molecule has 1 saturated heterocycles. The SMILES string of the molecule is CC[C@@]12C(=O)[C@@](C)(C(c3ccccc3)=C1c1ccccc1)[C@@H]1C(=O)N(c3cccc4ccccc34)C(=O)[C@H]12. The molecule has 2 fully saturated rings. The van der Waals surface area contributed by atoms with E-state index in [1.54, 1.807) is 0 Å². The van der Waals surface area contributed by atoms with Crippen molar-refractivity contribution in [1.82, 2.24) is 0 Å². The second-order valence-corrected chi connectivity index (χ2v) is 10.8. The molecule has 38 heavy (non-hydrogen) atoms.